The van der Waals surface area contributed by atoms with E-state index in [-0.39, 0.29) is 11.5 Å². The van der Waals surface area contributed by atoms with Crippen LogP contribution in [0.3, 0.4) is 0 Å². The molecular weight excluding hydrogens is 143 g/mol. The van der Waals surface area contributed by atoms with Crippen molar-refractivity contribution in [2.75, 3.05) is 6.54 Å². The van der Waals surface area contributed by atoms with E-state index in [0.717, 1.165) is 5.56 Å². The maximum atomic E-state index is 9.04. The fourth-order valence-corrected chi connectivity index (χ4v) is 0.891. The molecule has 0 unspecified atom stereocenters. The molecule has 0 saturated carbocycles. The molecule has 4 N–H and O–H groups in total. The summed E-state index contributed by atoms with van der Waals surface area (Å²) in [5.41, 5.74) is 6.24. The van der Waals surface area contributed by atoms with Gasteiger partial charge in [-0.2, -0.15) is 0 Å². The van der Waals surface area contributed by atoms with Crippen molar-refractivity contribution in [2.45, 2.75) is 6.42 Å². The first kappa shape index (κ1) is 7.88. The first-order valence-electron chi connectivity index (χ1n) is 3.45. The van der Waals surface area contributed by atoms with E-state index in [1.165, 1.54) is 12.1 Å². The highest BCUT2D eigenvalue weighted by Crippen LogP contribution is 2.24. The fraction of sp³-hybridized carbons (Fsp3) is 0.250. The second kappa shape index (κ2) is 3.25. The molecule has 0 aliphatic carbocycles. The van der Waals surface area contributed by atoms with Gasteiger partial charge in [-0.3, -0.25) is 0 Å². The van der Waals surface area contributed by atoms with E-state index in [1.54, 1.807) is 6.07 Å². The van der Waals surface area contributed by atoms with Crippen LogP contribution in [0.1, 0.15) is 5.56 Å². The number of phenols is 2. The Hall–Kier alpha value is -1.22. The second-order valence-electron chi connectivity index (χ2n) is 2.36. The molecule has 11 heavy (non-hydrogen) atoms. The molecule has 0 bridgehead atoms. The Labute approximate surface area is 65.1 Å². The third kappa shape index (κ3) is 1.85. The Morgan fingerprint density at radius 2 is 1.91 bits per heavy atom. The average Bonchev–Trinajstić information content (AvgIpc) is 1.98. The van der Waals surface area contributed by atoms with Crippen LogP contribution in [-0.2, 0) is 6.42 Å². The lowest BCUT2D eigenvalue weighted by molar-refractivity contribution is 0.403. The molecular formula is C8H11NO2. The molecule has 0 fully saturated rings. The predicted octanol–water partition coefficient (Wildman–Crippen LogP) is 0.599. The molecule has 1 rings (SSSR count). The summed E-state index contributed by atoms with van der Waals surface area (Å²) in [7, 11) is 0. The van der Waals surface area contributed by atoms with Crippen LogP contribution in [-0.4, -0.2) is 16.8 Å². The predicted molar refractivity (Wildman–Crippen MR) is 42.5 cm³/mol. The van der Waals surface area contributed by atoms with Gasteiger partial charge in [0.1, 0.15) is 0 Å². The van der Waals surface area contributed by atoms with Gasteiger partial charge in [0.25, 0.3) is 0 Å². The summed E-state index contributed by atoms with van der Waals surface area (Å²) in [6, 6.07) is 4.71. The average molecular weight is 154 g/mol. The third-order valence-electron chi connectivity index (χ3n) is 1.47. The van der Waals surface area contributed by atoms with Gasteiger partial charge in [-0.25, -0.2) is 0 Å². The van der Waals surface area contributed by atoms with Gasteiger partial charge in [0.05, 0.1) is 0 Å². The van der Waals surface area contributed by atoms with Crippen LogP contribution >= 0.6 is 0 Å². The molecule has 1 aromatic rings. The van der Waals surface area contributed by atoms with Crippen LogP contribution < -0.4 is 5.73 Å². The molecule has 60 valence electrons. The molecule has 0 saturated heterocycles. The zero-order valence-corrected chi connectivity index (χ0v) is 6.12. The van der Waals surface area contributed by atoms with Crippen molar-refractivity contribution in [3.05, 3.63) is 23.8 Å². The minimum Gasteiger partial charge on any atom is -0.504 e. The SMILES string of the molecule is NCCc1cc[13c](O)c(O)c1. The zero-order valence-electron chi connectivity index (χ0n) is 6.12. The number of aromatic hydroxyl groups is 2. The topological polar surface area (TPSA) is 66.5 Å². The van der Waals surface area contributed by atoms with Crippen LogP contribution in [0.4, 0.5) is 0 Å². The van der Waals surface area contributed by atoms with E-state index in [0.29, 0.717) is 13.0 Å². The van der Waals surface area contributed by atoms with Gasteiger partial charge in [0.2, 0.25) is 0 Å². The van der Waals surface area contributed by atoms with Crippen molar-refractivity contribution < 1.29 is 10.2 Å². The van der Waals surface area contributed by atoms with Crippen molar-refractivity contribution in [3.8, 4) is 11.5 Å². The molecule has 0 aliphatic heterocycles. The van der Waals surface area contributed by atoms with Crippen molar-refractivity contribution in [1.29, 1.82) is 0 Å². The molecule has 1 aromatic carbocycles. The lowest BCUT2D eigenvalue weighted by atomic mass is 10.2. The highest BCUT2D eigenvalue weighted by Gasteiger charge is 1.98. The lowest BCUT2D eigenvalue weighted by Crippen LogP contribution is -2.02. The Morgan fingerprint density at radius 3 is 2.45 bits per heavy atom. The van der Waals surface area contributed by atoms with E-state index in [4.69, 9.17) is 15.9 Å². The standard InChI is InChI=1S/C8H11NO2/c9-4-3-6-1-2-7(10)8(11)5-6/h1-2,5,10-11H,3-4,9H2/i7+1. The van der Waals surface area contributed by atoms with Gasteiger partial charge in [-0.15, -0.1) is 0 Å². The van der Waals surface area contributed by atoms with E-state index >= 15 is 0 Å². The van der Waals surface area contributed by atoms with Crippen molar-refractivity contribution >= 4 is 0 Å². The summed E-state index contributed by atoms with van der Waals surface area (Å²) in [6.45, 7) is 0.546. The van der Waals surface area contributed by atoms with Crippen LogP contribution in [0.25, 0.3) is 0 Å². The number of hydrogen-bond donors (Lipinski definition) is 3. The van der Waals surface area contributed by atoms with Crippen molar-refractivity contribution in [1.82, 2.24) is 0 Å². The minimum atomic E-state index is -0.0919. The molecule has 3 heteroatoms. The quantitative estimate of drug-likeness (QED) is 0.546. The monoisotopic (exact) mass is 154 g/mol. The molecule has 3 nitrogen and oxygen atoms in total. The Kier molecular flexibility index (Phi) is 2.33. The first-order valence-corrected chi connectivity index (χ1v) is 3.45. The second-order valence-corrected chi connectivity index (χ2v) is 2.36. The summed E-state index contributed by atoms with van der Waals surface area (Å²) in [5.74, 6) is -0.179. The van der Waals surface area contributed by atoms with Crippen LogP contribution in [0.5, 0.6) is 11.5 Å². The summed E-state index contributed by atoms with van der Waals surface area (Å²) < 4.78 is 0. The van der Waals surface area contributed by atoms with Gasteiger partial charge < -0.3 is 15.9 Å². The zero-order chi connectivity index (χ0) is 8.27. The molecule has 0 radical (unpaired) electrons. The molecule has 0 spiro atoms. The van der Waals surface area contributed by atoms with Gasteiger partial charge in [-0.05, 0) is 30.7 Å². The summed E-state index contributed by atoms with van der Waals surface area (Å²) in [5, 5.41) is 18.0. The summed E-state index contributed by atoms with van der Waals surface area (Å²) in [4.78, 5) is 0. The summed E-state index contributed by atoms with van der Waals surface area (Å²) >= 11 is 0. The van der Waals surface area contributed by atoms with Gasteiger partial charge in [0, 0.05) is 0 Å². The molecule has 0 aromatic heterocycles. The number of benzene rings is 1. The molecule has 0 amide bonds. The highest BCUT2D eigenvalue weighted by molar-refractivity contribution is 5.40. The maximum Gasteiger partial charge on any atom is 0.157 e. The maximum absolute atomic E-state index is 9.04. The van der Waals surface area contributed by atoms with Gasteiger partial charge in [0.15, 0.2) is 11.5 Å². The van der Waals surface area contributed by atoms with E-state index in [2.05, 4.69) is 0 Å². The number of phenolic OH excluding ortho intramolecular Hbond substituents is 2. The number of hydrogen-bond acceptors (Lipinski definition) is 3. The minimum absolute atomic E-state index is 0.0871. The van der Waals surface area contributed by atoms with Crippen LogP contribution in [0.2, 0.25) is 0 Å². The Bertz CT molecular complexity index is 248. The lowest BCUT2D eigenvalue weighted by Gasteiger charge is -2.00. The van der Waals surface area contributed by atoms with Crippen molar-refractivity contribution in [3.63, 3.8) is 0 Å². The summed E-state index contributed by atoms with van der Waals surface area (Å²) in [6.07, 6.45) is 0.716. The van der Waals surface area contributed by atoms with Gasteiger partial charge in [-0.1, -0.05) is 6.07 Å². The smallest absolute Gasteiger partial charge is 0.157 e. The van der Waals surface area contributed by atoms with E-state index < -0.39 is 0 Å². The van der Waals surface area contributed by atoms with E-state index in [1.807, 2.05) is 0 Å². The number of rotatable bonds is 2. The highest BCUT2D eigenvalue weighted by atomic mass is 16.4. The third-order valence-corrected chi connectivity index (χ3v) is 1.47. The Morgan fingerprint density at radius 1 is 1.18 bits per heavy atom. The van der Waals surface area contributed by atoms with Crippen molar-refractivity contribution in [2.24, 2.45) is 5.73 Å². The fourth-order valence-electron chi connectivity index (χ4n) is 0.891. The number of nitrogens with two attached hydrogens (primary N) is 1. The van der Waals surface area contributed by atoms with E-state index in [9.17, 15) is 0 Å². The molecule has 0 atom stereocenters. The van der Waals surface area contributed by atoms with Crippen LogP contribution in [0, 0.1) is 0 Å². The Balaban J connectivity index is 2.86. The van der Waals surface area contributed by atoms with Crippen LogP contribution in [0.15, 0.2) is 18.2 Å². The molecule has 0 aliphatic rings. The van der Waals surface area contributed by atoms with Gasteiger partial charge >= 0.3 is 0 Å². The largest absolute Gasteiger partial charge is 0.504 e. The first-order chi connectivity index (χ1) is 5.24. The molecule has 0 heterocycles. The normalized spacial score (nSPS) is 9.91.